The number of carbonyl (C=O) groups excluding carboxylic acids is 13. The number of terminal acetylenes is 1. The maximum atomic E-state index is 13.9. The van der Waals surface area contributed by atoms with Crippen LogP contribution in [0.5, 0.6) is 0 Å². The third-order valence-corrected chi connectivity index (χ3v) is 12.5. The summed E-state index contributed by atoms with van der Waals surface area (Å²) in [6.07, 6.45) is 19.9. The number of nitrogens with one attached hydrogen (secondary N) is 6. The van der Waals surface area contributed by atoms with Gasteiger partial charge in [0.2, 0.25) is 35.4 Å². The van der Waals surface area contributed by atoms with E-state index in [0.717, 1.165) is 14.7 Å². The number of rotatable bonds is 40. The summed E-state index contributed by atoms with van der Waals surface area (Å²) < 4.78 is 4.95. The van der Waals surface area contributed by atoms with Crippen LogP contribution >= 0.6 is 0 Å². The van der Waals surface area contributed by atoms with E-state index in [2.05, 4.69) is 37.8 Å². The molecule has 0 aromatic heterocycles. The van der Waals surface area contributed by atoms with Gasteiger partial charge >= 0.3 is 6.09 Å². The van der Waals surface area contributed by atoms with Gasteiger partial charge in [0.05, 0.1) is 0 Å². The molecule has 0 bridgehead atoms. The predicted octanol–water partition coefficient (Wildman–Crippen LogP) is 0.485. The van der Waals surface area contributed by atoms with Crippen LogP contribution in [0.1, 0.15) is 135 Å². The predicted molar refractivity (Wildman–Crippen MR) is 274 cm³/mol. The SMILES string of the molecule is C#CCOC(=O)N[C@@H](CCCCNC(=O)CCCCCN1C(=O)C=CC1=O)C(=O)N[C@@H](CCCCNC(=O)CCCCCN1C(=O)C=CC1=O)C(=O)N[C@@H](CCCCNC(=O)CCCCCN1C(=O)C=CC1=O)C(N)=O. The second-order valence-electron chi connectivity index (χ2n) is 18.5. The molecule has 0 aromatic carbocycles. The molecule has 76 heavy (non-hydrogen) atoms. The van der Waals surface area contributed by atoms with E-state index in [9.17, 15) is 62.3 Å². The van der Waals surface area contributed by atoms with Crippen molar-refractivity contribution in [2.75, 3.05) is 45.9 Å². The van der Waals surface area contributed by atoms with Gasteiger partial charge in [-0.15, -0.1) is 6.42 Å². The van der Waals surface area contributed by atoms with Crippen LogP contribution in [-0.2, 0) is 62.3 Å². The lowest BCUT2D eigenvalue weighted by molar-refractivity contribution is -0.138. The highest BCUT2D eigenvalue weighted by atomic mass is 16.5. The molecule has 3 aliphatic heterocycles. The van der Waals surface area contributed by atoms with Gasteiger partial charge in [-0.1, -0.05) is 25.2 Å². The van der Waals surface area contributed by atoms with Gasteiger partial charge in [0.15, 0.2) is 6.61 Å². The second-order valence-corrected chi connectivity index (χ2v) is 18.5. The summed E-state index contributed by atoms with van der Waals surface area (Å²) in [4.78, 5) is 164. The van der Waals surface area contributed by atoms with Crippen molar-refractivity contribution in [2.45, 2.75) is 153 Å². The number of hydrogen-bond donors (Lipinski definition) is 7. The number of amides is 13. The van der Waals surface area contributed by atoms with E-state index >= 15 is 0 Å². The molecule has 13 amide bonds. The molecule has 0 aromatic rings. The Morgan fingerprint density at radius 3 is 1.09 bits per heavy atom. The van der Waals surface area contributed by atoms with Gasteiger partial charge in [-0.3, -0.25) is 72.2 Å². The van der Waals surface area contributed by atoms with Crippen LogP contribution in [0.15, 0.2) is 36.5 Å². The van der Waals surface area contributed by atoms with Gasteiger partial charge in [-0.25, -0.2) is 4.79 Å². The van der Waals surface area contributed by atoms with Crippen LogP contribution in [-0.4, -0.2) is 156 Å². The van der Waals surface area contributed by atoms with Crippen LogP contribution in [0.25, 0.3) is 0 Å². The van der Waals surface area contributed by atoms with Gasteiger partial charge in [-0.05, 0) is 96.3 Å². The number of hydrogen-bond acceptors (Lipinski definition) is 14. The maximum Gasteiger partial charge on any atom is 0.408 e. The highest BCUT2D eigenvalue weighted by molar-refractivity contribution is 6.14. The Hall–Kier alpha value is -7.71. The molecule has 8 N–H and O–H groups in total. The zero-order valence-corrected chi connectivity index (χ0v) is 43.2. The lowest BCUT2D eigenvalue weighted by atomic mass is 10.0. The molecule has 0 aliphatic carbocycles. The van der Waals surface area contributed by atoms with Crippen LogP contribution < -0.4 is 37.6 Å². The fourth-order valence-electron chi connectivity index (χ4n) is 8.18. The lowest BCUT2D eigenvalue weighted by Gasteiger charge is -2.25. The van der Waals surface area contributed by atoms with E-state index in [1.165, 1.54) is 36.5 Å². The standard InChI is InChI=1S/C52H74N10O14/c1-2-36-76-52(75)59-39(20-11-14-32-56-42(65)23-8-5-17-35-62-47(70)28-29-48(62)71)51(74)58-38(19-10-13-31-55-41(64)22-7-4-16-34-61-45(68)26-27-46(61)69)50(73)57-37(49(53)72)18-9-12-30-54-40(63)21-6-3-15-33-60-43(66)24-25-44(60)67/h1,24-29,37-39H,3-23,30-36H2,(H2,53,72)(H,54,63)(H,55,64)(H,56,65)(H,57,73)(H,58,74)(H,59,75)/t37-,38-,39-/m0/s1. The molecule has 0 saturated heterocycles. The van der Waals surface area contributed by atoms with Gasteiger partial charge in [0, 0.05) is 95.0 Å². The minimum absolute atomic E-state index is 0.0471. The fourth-order valence-corrected chi connectivity index (χ4v) is 8.18. The molecule has 3 heterocycles. The molecular weight excluding hydrogens is 989 g/mol. The first-order valence-electron chi connectivity index (χ1n) is 26.2. The molecule has 3 aliphatic rings. The lowest BCUT2D eigenvalue weighted by Crippen LogP contribution is -2.56. The average Bonchev–Trinajstić information content (AvgIpc) is 4.01. The molecular formula is C52H74N10O14. The molecule has 3 rings (SSSR count). The minimum atomic E-state index is -1.24. The largest absolute Gasteiger partial charge is 0.436 e. The Labute approximate surface area is 442 Å². The number of nitrogens with zero attached hydrogens (tertiary/aromatic N) is 3. The van der Waals surface area contributed by atoms with Gasteiger partial charge in [-0.2, -0.15) is 0 Å². The van der Waals surface area contributed by atoms with Crippen LogP contribution in [0.4, 0.5) is 4.79 Å². The van der Waals surface area contributed by atoms with E-state index in [0.29, 0.717) is 96.3 Å². The summed E-state index contributed by atoms with van der Waals surface area (Å²) in [5.74, 6) is -2.90. The Morgan fingerprint density at radius 2 is 0.763 bits per heavy atom. The third kappa shape index (κ3) is 24.5. The first-order valence-corrected chi connectivity index (χ1v) is 26.2. The summed E-state index contributed by atoms with van der Waals surface area (Å²) in [5, 5.41) is 16.2. The number of ether oxygens (including phenoxy) is 1. The van der Waals surface area contributed by atoms with Crippen molar-refractivity contribution in [3.8, 4) is 12.3 Å². The van der Waals surface area contributed by atoms with Crippen molar-refractivity contribution >= 4 is 77.0 Å². The van der Waals surface area contributed by atoms with E-state index in [-0.39, 0.29) is 138 Å². The summed E-state index contributed by atoms with van der Waals surface area (Å²) in [7, 11) is 0. The number of imide groups is 3. The number of alkyl carbamates (subject to hydrolysis) is 1. The van der Waals surface area contributed by atoms with Crippen molar-refractivity contribution in [3.63, 3.8) is 0 Å². The Balaban J connectivity index is 1.51. The van der Waals surface area contributed by atoms with E-state index < -0.39 is 41.9 Å². The molecule has 24 nitrogen and oxygen atoms in total. The fraction of sp³-hybridized carbons (Fsp3) is 0.596. The average molecular weight is 1060 g/mol. The van der Waals surface area contributed by atoms with Crippen molar-refractivity contribution in [1.82, 2.24) is 46.6 Å². The van der Waals surface area contributed by atoms with Gasteiger partial charge < -0.3 is 42.4 Å². The van der Waals surface area contributed by atoms with E-state index in [1.54, 1.807) is 0 Å². The summed E-state index contributed by atoms with van der Waals surface area (Å²) in [6.45, 7) is 1.22. The first-order chi connectivity index (χ1) is 36.5. The van der Waals surface area contributed by atoms with Crippen molar-refractivity contribution < 1.29 is 67.1 Å². The Bertz CT molecular complexity index is 2170. The van der Waals surface area contributed by atoms with Crippen molar-refractivity contribution in [1.29, 1.82) is 0 Å². The van der Waals surface area contributed by atoms with Gasteiger partial charge in [0.1, 0.15) is 18.1 Å². The quantitative estimate of drug-likeness (QED) is 0.0250. The van der Waals surface area contributed by atoms with Crippen LogP contribution in [0.2, 0.25) is 0 Å². The van der Waals surface area contributed by atoms with Crippen molar-refractivity contribution in [2.24, 2.45) is 5.73 Å². The van der Waals surface area contributed by atoms with E-state index in [4.69, 9.17) is 16.9 Å². The topological polar surface area (TPSA) is 339 Å². The molecule has 24 heteroatoms. The second kappa shape index (κ2) is 35.5. The normalized spacial score (nSPS) is 14.9. The molecule has 416 valence electrons. The zero-order valence-electron chi connectivity index (χ0n) is 43.2. The summed E-state index contributed by atoms with van der Waals surface area (Å²) in [6, 6.07) is -3.61. The third-order valence-electron chi connectivity index (χ3n) is 12.5. The number of unbranched alkanes of at least 4 members (excludes halogenated alkanes) is 9. The molecule has 0 fully saturated rings. The highest BCUT2D eigenvalue weighted by Gasteiger charge is 2.30. The first kappa shape index (κ1) is 62.6. The molecule has 0 saturated carbocycles. The number of primary amides is 1. The molecule has 0 unspecified atom stereocenters. The van der Waals surface area contributed by atoms with Crippen LogP contribution in [0.3, 0.4) is 0 Å². The van der Waals surface area contributed by atoms with E-state index in [1.807, 2.05) is 0 Å². The number of nitrogens with two attached hydrogens (primary N) is 1. The van der Waals surface area contributed by atoms with Gasteiger partial charge in [0.25, 0.3) is 35.4 Å². The van der Waals surface area contributed by atoms with Crippen molar-refractivity contribution in [3.05, 3.63) is 36.5 Å². The zero-order chi connectivity index (χ0) is 55.7. The summed E-state index contributed by atoms with van der Waals surface area (Å²) in [5.41, 5.74) is 5.70. The smallest absolute Gasteiger partial charge is 0.408 e. The molecule has 3 atom stereocenters. The van der Waals surface area contributed by atoms with Crippen LogP contribution in [0, 0.1) is 12.3 Å². The molecule has 0 spiro atoms. The number of carbonyl (C=O) groups is 13. The Kier molecular flexibility index (Phi) is 29.2. The summed E-state index contributed by atoms with van der Waals surface area (Å²) >= 11 is 0. The minimum Gasteiger partial charge on any atom is -0.436 e. The highest BCUT2D eigenvalue weighted by Crippen LogP contribution is 2.12. The molecule has 0 radical (unpaired) electrons. The maximum absolute atomic E-state index is 13.9. The monoisotopic (exact) mass is 1060 g/mol. The Morgan fingerprint density at radius 1 is 0.447 bits per heavy atom.